The molecule has 0 heterocycles. The van der Waals surface area contributed by atoms with Crippen molar-refractivity contribution in [3.8, 4) is 11.5 Å². The summed E-state index contributed by atoms with van der Waals surface area (Å²) >= 11 is 0. The van der Waals surface area contributed by atoms with Crippen molar-refractivity contribution in [2.75, 3.05) is 28.3 Å². The summed E-state index contributed by atoms with van der Waals surface area (Å²) < 4.78 is 37.9. The van der Waals surface area contributed by atoms with Crippen LogP contribution in [0.2, 0.25) is 0 Å². The van der Waals surface area contributed by atoms with Crippen molar-refractivity contribution in [3.63, 3.8) is 0 Å². The van der Waals surface area contributed by atoms with E-state index in [1.165, 1.54) is 36.8 Å². The number of methoxy groups -OCH3 is 2. The van der Waals surface area contributed by atoms with Crippen LogP contribution in [0.25, 0.3) is 0 Å². The third-order valence-electron chi connectivity index (χ3n) is 3.71. The fourth-order valence-electron chi connectivity index (χ4n) is 2.43. The first-order valence-electron chi connectivity index (χ1n) is 7.94. The molecule has 0 aliphatic heterocycles. The van der Waals surface area contributed by atoms with Crippen LogP contribution in [0.1, 0.15) is 11.1 Å². The van der Waals surface area contributed by atoms with Crippen molar-refractivity contribution >= 4 is 10.0 Å². The van der Waals surface area contributed by atoms with Crippen molar-refractivity contribution in [2.24, 2.45) is 0 Å². The minimum Gasteiger partial charge on any atom is -0.493 e. The predicted octanol–water partition coefficient (Wildman–Crippen LogP) is 0.827. The summed E-state index contributed by atoms with van der Waals surface area (Å²) in [7, 11) is 3.52. The summed E-state index contributed by atoms with van der Waals surface area (Å²) in [4.78, 5) is 1.47. The standard InChI is InChI=1S/C18H24N2O4S/c1-20(2)13-15-7-5-14(6-8-15)12-19-25(21,22)16-9-10-17(23-3)18(11-16)24-4/h5-11,19H,12-13H2,1-4H3/p+1. The van der Waals surface area contributed by atoms with Gasteiger partial charge in [0, 0.05) is 18.2 Å². The van der Waals surface area contributed by atoms with E-state index in [2.05, 4.69) is 18.8 Å². The van der Waals surface area contributed by atoms with Crippen LogP contribution in [0, 0.1) is 0 Å². The molecule has 0 radical (unpaired) electrons. The number of hydrogen-bond acceptors (Lipinski definition) is 4. The summed E-state index contributed by atoms with van der Waals surface area (Å²) in [6.45, 7) is 1.16. The highest BCUT2D eigenvalue weighted by atomic mass is 32.2. The van der Waals surface area contributed by atoms with Crippen LogP contribution in [-0.2, 0) is 23.1 Å². The lowest BCUT2D eigenvalue weighted by Gasteiger charge is -2.11. The molecule has 0 aliphatic carbocycles. The average molecular weight is 365 g/mol. The number of benzene rings is 2. The molecule has 0 aliphatic rings. The van der Waals surface area contributed by atoms with Gasteiger partial charge in [0.05, 0.1) is 33.2 Å². The Morgan fingerprint density at radius 2 is 1.52 bits per heavy atom. The maximum atomic E-state index is 12.5. The molecule has 0 saturated carbocycles. The third-order valence-corrected chi connectivity index (χ3v) is 5.11. The second-order valence-electron chi connectivity index (χ2n) is 6.04. The molecule has 0 fully saturated rings. The lowest BCUT2D eigenvalue weighted by Crippen LogP contribution is -3.04. The molecule has 0 amide bonds. The van der Waals surface area contributed by atoms with E-state index in [1.807, 2.05) is 24.3 Å². The van der Waals surface area contributed by atoms with Crippen molar-refractivity contribution in [1.82, 2.24) is 4.72 Å². The van der Waals surface area contributed by atoms with Gasteiger partial charge in [-0.25, -0.2) is 13.1 Å². The van der Waals surface area contributed by atoms with Crippen LogP contribution in [0.3, 0.4) is 0 Å². The fourth-order valence-corrected chi connectivity index (χ4v) is 3.46. The average Bonchev–Trinajstić information content (AvgIpc) is 2.60. The molecule has 2 aromatic rings. The van der Waals surface area contributed by atoms with Gasteiger partial charge in [0.2, 0.25) is 10.0 Å². The minimum atomic E-state index is -3.63. The Bertz CT molecular complexity index is 802. The molecule has 6 nitrogen and oxygen atoms in total. The van der Waals surface area contributed by atoms with Crippen molar-refractivity contribution in [1.29, 1.82) is 0 Å². The van der Waals surface area contributed by atoms with Gasteiger partial charge in [-0.05, 0) is 17.7 Å². The van der Waals surface area contributed by atoms with E-state index in [9.17, 15) is 8.42 Å². The molecule has 0 spiro atoms. The van der Waals surface area contributed by atoms with E-state index in [0.29, 0.717) is 11.5 Å². The molecule has 136 valence electrons. The monoisotopic (exact) mass is 365 g/mol. The van der Waals surface area contributed by atoms with Gasteiger partial charge < -0.3 is 14.4 Å². The quantitative estimate of drug-likeness (QED) is 0.727. The largest absolute Gasteiger partial charge is 0.493 e. The number of quaternary nitrogens is 1. The van der Waals surface area contributed by atoms with Gasteiger partial charge in [0.1, 0.15) is 6.54 Å². The van der Waals surface area contributed by atoms with Crippen LogP contribution >= 0.6 is 0 Å². The maximum Gasteiger partial charge on any atom is 0.241 e. The molecule has 2 rings (SSSR count). The van der Waals surface area contributed by atoms with E-state index in [4.69, 9.17) is 9.47 Å². The van der Waals surface area contributed by atoms with Crippen molar-refractivity contribution < 1.29 is 22.8 Å². The SMILES string of the molecule is COc1ccc(S(=O)(=O)NCc2ccc(C[NH+](C)C)cc2)cc1OC. The highest BCUT2D eigenvalue weighted by Crippen LogP contribution is 2.29. The van der Waals surface area contributed by atoms with Gasteiger partial charge in [-0.15, -0.1) is 0 Å². The van der Waals surface area contributed by atoms with Crippen molar-refractivity contribution in [3.05, 3.63) is 53.6 Å². The summed E-state index contributed by atoms with van der Waals surface area (Å²) in [5, 5.41) is 0. The Kier molecular flexibility index (Phi) is 6.41. The number of nitrogens with one attached hydrogen (secondary N) is 2. The van der Waals surface area contributed by atoms with Gasteiger partial charge in [-0.1, -0.05) is 24.3 Å². The van der Waals surface area contributed by atoms with Crippen LogP contribution in [-0.4, -0.2) is 36.7 Å². The molecule has 7 heteroatoms. The Morgan fingerprint density at radius 3 is 2.08 bits per heavy atom. The van der Waals surface area contributed by atoms with Crippen molar-refractivity contribution in [2.45, 2.75) is 18.0 Å². The molecular formula is C18H25N2O4S+. The van der Waals surface area contributed by atoms with Gasteiger partial charge in [-0.3, -0.25) is 0 Å². The number of hydrogen-bond donors (Lipinski definition) is 2. The summed E-state index contributed by atoms with van der Waals surface area (Å²) in [6, 6.07) is 12.4. The smallest absolute Gasteiger partial charge is 0.241 e. The van der Waals surface area contributed by atoms with E-state index in [0.717, 1.165) is 12.1 Å². The van der Waals surface area contributed by atoms with Crippen LogP contribution < -0.4 is 19.1 Å². The van der Waals surface area contributed by atoms with Crippen LogP contribution in [0.4, 0.5) is 0 Å². The van der Waals surface area contributed by atoms with E-state index < -0.39 is 10.0 Å². The zero-order chi connectivity index (χ0) is 18.4. The normalized spacial score (nSPS) is 11.6. The summed E-state index contributed by atoms with van der Waals surface area (Å²) in [5.41, 5.74) is 2.12. The third kappa shape index (κ3) is 5.19. The first kappa shape index (κ1) is 19.2. The molecule has 0 saturated heterocycles. The Labute approximate surface area is 149 Å². The van der Waals surface area contributed by atoms with Gasteiger partial charge in [0.25, 0.3) is 0 Å². The Morgan fingerprint density at radius 1 is 0.920 bits per heavy atom. The zero-order valence-electron chi connectivity index (χ0n) is 15.0. The van der Waals surface area contributed by atoms with E-state index >= 15 is 0 Å². The molecule has 0 atom stereocenters. The lowest BCUT2D eigenvalue weighted by atomic mass is 10.1. The first-order chi connectivity index (χ1) is 11.9. The summed E-state index contributed by atoms with van der Waals surface area (Å²) in [6.07, 6.45) is 0. The maximum absolute atomic E-state index is 12.5. The molecule has 2 N–H and O–H groups in total. The highest BCUT2D eigenvalue weighted by Gasteiger charge is 2.16. The molecular weight excluding hydrogens is 340 g/mol. The first-order valence-corrected chi connectivity index (χ1v) is 9.42. The topological polar surface area (TPSA) is 69.1 Å². The van der Waals surface area contributed by atoms with Gasteiger partial charge in [-0.2, -0.15) is 0 Å². The van der Waals surface area contributed by atoms with Crippen LogP contribution in [0.5, 0.6) is 11.5 Å². The molecule has 0 aromatic heterocycles. The van der Waals surface area contributed by atoms with E-state index in [-0.39, 0.29) is 11.4 Å². The molecule has 2 aromatic carbocycles. The second-order valence-corrected chi connectivity index (χ2v) is 7.81. The van der Waals surface area contributed by atoms with Crippen LogP contribution in [0.15, 0.2) is 47.4 Å². The van der Waals surface area contributed by atoms with E-state index in [1.54, 1.807) is 6.07 Å². The Balaban J connectivity index is 2.08. The Hall–Kier alpha value is -2.09. The van der Waals surface area contributed by atoms with Gasteiger partial charge >= 0.3 is 0 Å². The highest BCUT2D eigenvalue weighted by molar-refractivity contribution is 7.89. The second kappa shape index (κ2) is 8.33. The lowest BCUT2D eigenvalue weighted by molar-refractivity contribution is -0.872. The summed E-state index contributed by atoms with van der Waals surface area (Å²) in [5.74, 6) is 0.862. The minimum absolute atomic E-state index is 0.137. The predicted molar refractivity (Wildman–Crippen MR) is 96.5 cm³/mol. The molecule has 0 unspecified atom stereocenters. The fraction of sp³-hybridized carbons (Fsp3) is 0.333. The van der Waals surface area contributed by atoms with Gasteiger partial charge in [0.15, 0.2) is 11.5 Å². The number of sulfonamides is 1. The zero-order valence-corrected chi connectivity index (χ0v) is 15.8. The molecule has 25 heavy (non-hydrogen) atoms. The number of ether oxygens (including phenoxy) is 2. The molecule has 0 bridgehead atoms. The number of rotatable bonds is 8.